The van der Waals surface area contributed by atoms with Gasteiger partial charge in [0.25, 0.3) is 0 Å². The van der Waals surface area contributed by atoms with E-state index in [4.69, 9.17) is 11.2 Å². The summed E-state index contributed by atoms with van der Waals surface area (Å²) >= 11 is 0. The summed E-state index contributed by atoms with van der Waals surface area (Å²) in [5, 5.41) is 0. The molecular formula is C25H36O. The largest absolute Gasteiger partial charge is 0.501 e. The molecule has 0 aromatic carbocycles. The van der Waals surface area contributed by atoms with Crippen molar-refractivity contribution in [3.8, 4) is 12.3 Å². The van der Waals surface area contributed by atoms with E-state index in [2.05, 4.69) is 38.8 Å². The lowest BCUT2D eigenvalue weighted by atomic mass is 9.47. The zero-order valence-corrected chi connectivity index (χ0v) is 17.2. The second-order valence-electron chi connectivity index (χ2n) is 10.1. The second kappa shape index (κ2) is 6.47. The van der Waals surface area contributed by atoms with Gasteiger partial charge in [-0.1, -0.05) is 26.8 Å². The molecule has 0 amide bonds. The van der Waals surface area contributed by atoms with Crippen molar-refractivity contribution >= 4 is 0 Å². The zero-order chi connectivity index (χ0) is 18.5. The highest BCUT2D eigenvalue weighted by Gasteiger charge is 2.58. The molecule has 4 aliphatic rings. The first-order chi connectivity index (χ1) is 12.4. The Balaban J connectivity index is 1.62. The SMILES string of the molecule is C#CCC(C)C1CCC2C3CC=C4C=C(OC)CC[C@]4(C)C3CC[C@]12C. The maximum Gasteiger partial charge on any atom is 0.0958 e. The van der Waals surface area contributed by atoms with Gasteiger partial charge in [-0.15, -0.1) is 12.3 Å². The van der Waals surface area contributed by atoms with Crippen LogP contribution in [0.4, 0.5) is 0 Å². The lowest BCUT2D eigenvalue weighted by Crippen LogP contribution is -2.49. The van der Waals surface area contributed by atoms with Gasteiger partial charge < -0.3 is 4.74 Å². The number of hydrogen-bond donors (Lipinski definition) is 0. The Kier molecular flexibility index (Phi) is 4.53. The topological polar surface area (TPSA) is 9.23 Å². The Morgan fingerprint density at radius 2 is 2.04 bits per heavy atom. The Morgan fingerprint density at radius 3 is 2.77 bits per heavy atom. The third kappa shape index (κ3) is 2.51. The molecule has 0 aliphatic heterocycles. The molecule has 0 aromatic rings. The van der Waals surface area contributed by atoms with E-state index in [0.717, 1.165) is 36.5 Å². The number of hydrogen-bond acceptors (Lipinski definition) is 1. The second-order valence-corrected chi connectivity index (χ2v) is 10.1. The van der Waals surface area contributed by atoms with Crippen LogP contribution in [0.1, 0.15) is 72.1 Å². The summed E-state index contributed by atoms with van der Waals surface area (Å²) in [6.07, 6.45) is 20.8. The molecule has 1 heteroatoms. The van der Waals surface area contributed by atoms with Crippen LogP contribution in [0.5, 0.6) is 0 Å². The van der Waals surface area contributed by atoms with E-state index in [0.29, 0.717) is 16.7 Å². The van der Waals surface area contributed by atoms with Gasteiger partial charge in [0.05, 0.1) is 12.9 Å². The van der Waals surface area contributed by atoms with Crippen molar-refractivity contribution in [2.75, 3.05) is 7.11 Å². The normalized spacial score (nSPS) is 45.3. The van der Waals surface area contributed by atoms with Gasteiger partial charge >= 0.3 is 0 Å². The Hall–Kier alpha value is -1.16. The van der Waals surface area contributed by atoms with Crippen LogP contribution < -0.4 is 0 Å². The maximum atomic E-state index is 5.65. The highest BCUT2D eigenvalue weighted by Crippen LogP contribution is 2.67. The lowest BCUT2D eigenvalue weighted by Gasteiger charge is -2.57. The van der Waals surface area contributed by atoms with Gasteiger partial charge in [-0.25, -0.2) is 0 Å². The van der Waals surface area contributed by atoms with E-state index in [1.165, 1.54) is 44.3 Å². The molecular weight excluding hydrogens is 316 g/mol. The van der Waals surface area contributed by atoms with Gasteiger partial charge in [-0.3, -0.25) is 0 Å². The molecule has 0 radical (unpaired) electrons. The van der Waals surface area contributed by atoms with Crippen molar-refractivity contribution in [2.45, 2.75) is 72.1 Å². The molecule has 2 saturated carbocycles. The van der Waals surface area contributed by atoms with Crippen molar-refractivity contribution < 1.29 is 4.74 Å². The number of allylic oxidation sites excluding steroid dienone is 4. The third-order valence-corrected chi connectivity index (χ3v) is 9.19. The monoisotopic (exact) mass is 352 g/mol. The van der Waals surface area contributed by atoms with Crippen molar-refractivity contribution in [1.29, 1.82) is 0 Å². The van der Waals surface area contributed by atoms with Crippen LogP contribution in [0.15, 0.2) is 23.5 Å². The van der Waals surface area contributed by atoms with E-state index in [9.17, 15) is 0 Å². The lowest BCUT2D eigenvalue weighted by molar-refractivity contribution is -0.0453. The fraction of sp³-hybridized carbons (Fsp3) is 0.760. The molecule has 7 atom stereocenters. The number of rotatable bonds is 3. The molecule has 0 bridgehead atoms. The Morgan fingerprint density at radius 1 is 1.23 bits per heavy atom. The number of methoxy groups -OCH3 is 1. The average molecular weight is 353 g/mol. The standard InChI is InChI=1S/C25H36O/c1-6-7-17(2)21-10-11-22-20-9-8-18-16-19(26-5)12-14-24(18,3)23(20)13-15-25(21,22)4/h1,8,16-17,20-23H,7,9-15H2,2-5H3/t17?,20?,21?,22?,23?,24-,25+/m0/s1. The predicted octanol–water partition coefficient (Wildman–Crippen LogP) is 6.37. The number of terminal acetylenes is 1. The zero-order valence-electron chi connectivity index (χ0n) is 17.2. The fourth-order valence-corrected chi connectivity index (χ4v) is 7.76. The molecule has 0 heterocycles. The maximum absolute atomic E-state index is 5.65. The Bertz CT molecular complexity index is 664. The molecule has 0 saturated heterocycles. The Labute approximate surface area is 160 Å². The molecule has 0 N–H and O–H groups in total. The first-order valence-electron chi connectivity index (χ1n) is 10.8. The average Bonchev–Trinajstić information content (AvgIpc) is 2.98. The quantitative estimate of drug-likeness (QED) is 0.537. The van der Waals surface area contributed by atoms with E-state index in [1.54, 1.807) is 5.57 Å². The number of fused-ring (bicyclic) bond motifs is 5. The van der Waals surface area contributed by atoms with Crippen LogP contribution in [0, 0.1) is 52.8 Å². The van der Waals surface area contributed by atoms with E-state index in [-0.39, 0.29) is 0 Å². The molecule has 4 rings (SSSR count). The summed E-state index contributed by atoms with van der Waals surface area (Å²) in [7, 11) is 1.82. The van der Waals surface area contributed by atoms with Crippen LogP contribution in [-0.4, -0.2) is 7.11 Å². The van der Waals surface area contributed by atoms with Crippen LogP contribution in [0.2, 0.25) is 0 Å². The third-order valence-electron chi connectivity index (χ3n) is 9.19. The van der Waals surface area contributed by atoms with E-state index in [1.807, 2.05) is 7.11 Å². The summed E-state index contributed by atoms with van der Waals surface area (Å²) in [5.41, 5.74) is 2.46. The first-order valence-corrected chi connectivity index (χ1v) is 10.8. The molecule has 142 valence electrons. The molecule has 2 fully saturated rings. The molecule has 5 unspecified atom stereocenters. The minimum Gasteiger partial charge on any atom is -0.501 e. The summed E-state index contributed by atoms with van der Waals surface area (Å²) in [6, 6.07) is 0. The van der Waals surface area contributed by atoms with Crippen LogP contribution in [0.25, 0.3) is 0 Å². The van der Waals surface area contributed by atoms with Crippen LogP contribution in [0.3, 0.4) is 0 Å². The van der Waals surface area contributed by atoms with Gasteiger partial charge in [0, 0.05) is 12.8 Å². The van der Waals surface area contributed by atoms with Crippen molar-refractivity contribution in [2.24, 2.45) is 40.4 Å². The highest BCUT2D eigenvalue weighted by atomic mass is 16.5. The predicted molar refractivity (Wildman–Crippen MR) is 108 cm³/mol. The molecule has 26 heavy (non-hydrogen) atoms. The highest BCUT2D eigenvalue weighted by molar-refractivity contribution is 5.35. The molecule has 4 aliphatic carbocycles. The molecule has 0 spiro atoms. The van der Waals surface area contributed by atoms with Crippen molar-refractivity contribution in [3.63, 3.8) is 0 Å². The van der Waals surface area contributed by atoms with Crippen LogP contribution >= 0.6 is 0 Å². The van der Waals surface area contributed by atoms with Crippen LogP contribution in [-0.2, 0) is 4.74 Å². The summed E-state index contributed by atoms with van der Waals surface area (Å²) in [5.74, 6) is 8.26. The van der Waals surface area contributed by atoms with Crippen molar-refractivity contribution in [3.05, 3.63) is 23.5 Å². The fourth-order valence-electron chi connectivity index (χ4n) is 7.76. The smallest absolute Gasteiger partial charge is 0.0958 e. The summed E-state index contributed by atoms with van der Waals surface area (Å²) in [4.78, 5) is 0. The minimum atomic E-state index is 0.370. The van der Waals surface area contributed by atoms with Gasteiger partial charge in [0.15, 0.2) is 0 Å². The van der Waals surface area contributed by atoms with E-state index < -0.39 is 0 Å². The van der Waals surface area contributed by atoms with Gasteiger partial charge in [0.2, 0.25) is 0 Å². The summed E-state index contributed by atoms with van der Waals surface area (Å²) in [6.45, 7) is 7.57. The minimum absolute atomic E-state index is 0.370. The van der Waals surface area contributed by atoms with Gasteiger partial charge in [-0.2, -0.15) is 0 Å². The first kappa shape index (κ1) is 18.2. The van der Waals surface area contributed by atoms with E-state index >= 15 is 0 Å². The molecule has 1 nitrogen and oxygen atoms in total. The van der Waals surface area contributed by atoms with Gasteiger partial charge in [0.1, 0.15) is 0 Å². The summed E-state index contributed by atoms with van der Waals surface area (Å²) < 4.78 is 5.57. The van der Waals surface area contributed by atoms with Gasteiger partial charge in [-0.05, 0) is 90.6 Å². The number of ether oxygens (including phenoxy) is 1. The molecule has 0 aromatic heterocycles. The van der Waals surface area contributed by atoms with Crippen molar-refractivity contribution in [1.82, 2.24) is 0 Å².